The molecule has 0 aliphatic carbocycles. The number of hydrogen-bond acceptors (Lipinski definition) is 6. The fraction of sp³-hybridized carbons (Fsp3) is 0.0870. The van der Waals surface area contributed by atoms with E-state index in [1.165, 1.54) is 38.4 Å². The molecule has 1 amide bonds. The molecule has 2 aromatic carbocycles. The van der Waals surface area contributed by atoms with Crippen LogP contribution in [0.15, 0.2) is 90.2 Å². The maximum absolute atomic E-state index is 13.1. The Labute approximate surface area is 191 Å². The van der Waals surface area contributed by atoms with Crippen molar-refractivity contribution in [3.05, 3.63) is 90.9 Å². The lowest BCUT2D eigenvalue weighted by Crippen LogP contribution is -2.27. The molecule has 0 saturated heterocycles. The minimum atomic E-state index is -3.86. The van der Waals surface area contributed by atoms with Crippen LogP contribution in [0, 0.1) is 0 Å². The molecule has 0 fully saturated rings. The van der Waals surface area contributed by atoms with Crippen LogP contribution >= 0.6 is 0 Å². The zero-order chi connectivity index (χ0) is 23.4. The molecule has 10 heteroatoms. The van der Waals surface area contributed by atoms with Gasteiger partial charge in [-0.3, -0.25) is 9.10 Å². The summed E-state index contributed by atoms with van der Waals surface area (Å²) in [7, 11) is -0.932. The van der Waals surface area contributed by atoms with Gasteiger partial charge in [-0.05, 0) is 54.6 Å². The summed E-state index contributed by atoms with van der Waals surface area (Å²) in [4.78, 5) is 17.1. The number of ether oxygens (including phenoxy) is 1. The Balaban J connectivity index is 1.56. The topological polar surface area (TPSA) is 106 Å². The fourth-order valence-electron chi connectivity index (χ4n) is 3.22. The van der Waals surface area contributed by atoms with Gasteiger partial charge in [0.2, 0.25) is 0 Å². The first-order chi connectivity index (χ1) is 15.9. The Kier molecular flexibility index (Phi) is 6.09. The number of amides is 1. The molecule has 168 valence electrons. The molecule has 4 aromatic rings. The molecule has 2 heterocycles. The molecule has 0 aliphatic rings. The number of sulfonamides is 1. The highest BCUT2D eigenvalue weighted by molar-refractivity contribution is 7.92. The SMILES string of the molecule is COc1ccccc1N(C)S(=O)(=O)c1ccc(C(=O)Nc2cccnc2-n2cccn2)cc1. The highest BCUT2D eigenvalue weighted by Gasteiger charge is 2.24. The third kappa shape index (κ3) is 4.41. The summed E-state index contributed by atoms with van der Waals surface area (Å²) in [5, 5.41) is 6.94. The van der Waals surface area contributed by atoms with Gasteiger partial charge in [0.15, 0.2) is 5.82 Å². The third-order valence-corrected chi connectivity index (χ3v) is 6.74. The number of nitrogens with one attached hydrogen (secondary N) is 1. The molecular weight excluding hydrogens is 442 g/mol. The molecule has 1 N–H and O–H groups in total. The van der Waals surface area contributed by atoms with Crippen molar-refractivity contribution in [2.24, 2.45) is 0 Å². The van der Waals surface area contributed by atoms with Crippen LogP contribution in [-0.4, -0.2) is 43.2 Å². The van der Waals surface area contributed by atoms with Crippen LogP contribution in [0.5, 0.6) is 5.75 Å². The molecule has 0 atom stereocenters. The van der Waals surface area contributed by atoms with Crippen LogP contribution < -0.4 is 14.4 Å². The first-order valence-electron chi connectivity index (χ1n) is 9.90. The minimum Gasteiger partial charge on any atom is -0.495 e. The zero-order valence-corrected chi connectivity index (χ0v) is 18.7. The van der Waals surface area contributed by atoms with E-state index in [1.807, 2.05) is 0 Å². The number of hydrogen-bond donors (Lipinski definition) is 1. The van der Waals surface area contributed by atoms with Gasteiger partial charge < -0.3 is 10.1 Å². The Bertz CT molecular complexity index is 1370. The number of methoxy groups -OCH3 is 1. The van der Waals surface area contributed by atoms with Crippen molar-refractivity contribution >= 4 is 27.3 Å². The minimum absolute atomic E-state index is 0.0473. The summed E-state index contributed by atoms with van der Waals surface area (Å²) in [5.41, 5.74) is 1.17. The van der Waals surface area contributed by atoms with Gasteiger partial charge in [0, 0.05) is 31.2 Å². The van der Waals surface area contributed by atoms with Gasteiger partial charge in [-0.1, -0.05) is 12.1 Å². The van der Waals surface area contributed by atoms with E-state index in [4.69, 9.17) is 4.74 Å². The van der Waals surface area contributed by atoms with E-state index in [2.05, 4.69) is 15.4 Å². The molecule has 9 nitrogen and oxygen atoms in total. The number of benzene rings is 2. The summed E-state index contributed by atoms with van der Waals surface area (Å²) in [6.45, 7) is 0. The zero-order valence-electron chi connectivity index (χ0n) is 17.9. The molecule has 0 unspecified atom stereocenters. The second kappa shape index (κ2) is 9.13. The number of pyridine rings is 1. The molecule has 0 aliphatic heterocycles. The number of nitrogens with zero attached hydrogens (tertiary/aromatic N) is 4. The normalized spacial score (nSPS) is 11.1. The van der Waals surface area contributed by atoms with Crippen LogP contribution in [0.3, 0.4) is 0 Å². The monoisotopic (exact) mass is 463 g/mol. The number of carbonyl (C=O) groups excluding carboxylic acids is 1. The van der Waals surface area contributed by atoms with E-state index in [-0.39, 0.29) is 4.90 Å². The molecule has 0 saturated carbocycles. The lowest BCUT2D eigenvalue weighted by Gasteiger charge is -2.21. The maximum Gasteiger partial charge on any atom is 0.264 e. The summed E-state index contributed by atoms with van der Waals surface area (Å²) < 4.78 is 34.2. The summed E-state index contributed by atoms with van der Waals surface area (Å²) in [6, 6.07) is 17.7. The van der Waals surface area contributed by atoms with E-state index in [9.17, 15) is 13.2 Å². The van der Waals surface area contributed by atoms with Crippen LogP contribution in [0.4, 0.5) is 11.4 Å². The van der Waals surface area contributed by atoms with Crippen molar-refractivity contribution in [2.45, 2.75) is 4.90 Å². The van der Waals surface area contributed by atoms with Gasteiger partial charge in [0.1, 0.15) is 5.75 Å². The summed E-state index contributed by atoms with van der Waals surface area (Å²) in [6.07, 6.45) is 4.93. The van der Waals surface area contributed by atoms with Crippen molar-refractivity contribution < 1.29 is 17.9 Å². The van der Waals surface area contributed by atoms with Gasteiger partial charge in [-0.2, -0.15) is 5.10 Å². The number of aromatic nitrogens is 3. The lowest BCUT2D eigenvalue weighted by atomic mass is 10.2. The standard InChI is InChI=1S/C23H21N5O4S/c1-27(20-8-3-4-9-21(20)32-2)33(30,31)18-12-10-17(11-13-18)23(29)26-19-7-5-14-24-22(19)28-16-6-15-25-28/h3-16H,1-2H3,(H,26,29). The highest BCUT2D eigenvalue weighted by Crippen LogP contribution is 2.31. The Hall–Kier alpha value is -4.18. The first-order valence-corrected chi connectivity index (χ1v) is 11.3. The Morgan fingerprint density at radius 1 is 1.00 bits per heavy atom. The Morgan fingerprint density at radius 3 is 2.45 bits per heavy atom. The molecule has 0 radical (unpaired) electrons. The molecule has 33 heavy (non-hydrogen) atoms. The lowest BCUT2D eigenvalue weighted by molar-refractivity contribution is 0.102. The van der Waals surface area contributed by atoms with Crippen molar-refractivity contribution in [1.29, 1.82) is 0 Å². The van der Waals surface area contributed by atoms with E-state index in [1.54, 1.807) is 65.7 Å². The molecular formula is C23H21N5O4S. The second-order valence-corrected chi connectivity index (χ2v) is 8.92. The summed E-state index contributed by atoms with van der Waals surface area (Å²) >= 11 is 0. The van der Waals surface area contributed by atoms with Crippen LogP contribution in [0.1, 0.15) is 10.4 Å². The predicted octanol–water partition coefficient (Wildman–Crippen LogP) is 3.35. The van der Waals surface area contributed by atoms with E-state index in [0.717, 1.165) is 4.31 Å². The number of para-hydroxylation sites is 2. The van der Waals surface area contributed by atoms with Gasteiger partial charge >= 0.3 is 0 Å². The molecule has 2 aromatic heterocycles. The number of anilines is 2. The van der Waals surface area contributed by atoms with Crippen LogP contribution in [0.25, 0.3) is 5.82 Å². The molecule has 0 spiro atoms. The van der Waals surface area contributed by atoms with Crippen molar-refractivity contribution in [1.82, 2.24) is 14.8 Å². The van der Waals surface area contributed by atoms with E-state index in [0.29, 0.717) is 28.5 Å². The first kappa shape index (κ1) is 22.0. The van der Waals surface area contributed by atoms with Gasteiger partial charge in [0.25, 0.3) is 15.9 Å². The fourth-order valence-corrected chi connectivity index (χ4v) is 4.43. The number of rotatable bonds is 7. The van der Waals surface area contributed by atoms with Crippen molar-refractivity contribution in [3.8, 4) is 11.6 Å². The highest BCUT2D eigenvalue weighted by atomic mass is 32.2. The smallest absolute Gasteiger partial charge is 0.264 e. The Morgan fingerprint density at radius 2 is 1.76 bits per heavy atom. The van der Waals surface area contributed by atoms with E-state index >= 15 is 0 Å². The summed E-state index contributed by atoms with van der Waals surface area (Å²) in [5.74, 6) is 0.496. The molecule has 4 rings (SSSR count). The predicted molar refractivity (Wildman–Crippen MR) is 124 cm³/mol. The maximum atomic E-state index is 13.1. The van der Waals surface area contributed by atoms with Crippen molar-refractivity contribution in [3.63, 3.8) is 0 Å². The van der Waals surface area contributed by atoms with Gasteiger partial charge in [0.05, 0.1) is 23.4 Å². The third-order valence-electron chi connectivity index (χ3n) is 4.96. The average Bonchev–Trinajstić information content (AvgIpc) is 3.38. The van der Waals surface area contributed by atoms with Crippen LogP contribution in [-0.2, 0) is 10.0 Å². The van der Waals surface area contributed by atoms with Crippen molar-refractivity contribution in [2.75, 3.05) is 23.8 Å². The van der Waals surface area contributed by atoms with Gasteiger partial charge in [-0.15, -0.1) is 0 Å². The van der Waals surface area contributed by atoms with E-state index < -0.39 is 15.9 Å². The quantitative estimate of drug-likeness (QED) is 0.451. The average molecular weight is 464 g/mol. The van der Waals surface area contributed by atoms with Gasteiger partial charge in [-0.25, -0.2) is 18.1 Å². The van der Waals surface area contributed by atoms with Crippen LogP contribution in [0.2, 0.25) is 0 Å². The molecule has 0 bridgehead atoms. The number of carbonyl (C=O) groups is 1. The second-order valence-electron chi connectivity index (χ2n) is 6.95. The largest absolute Gasteiger partial charge is 0.495 e.